The van der Waals surface area contributed by atoms with E-state index < -0.39 is 5.24 Å². The van der Waals surface area contributed by atoms with E-state index in [-0.39, 0.29) is 11.3 Å². The standard InChI is InChI=1S/C13H8ClN3O2/c14-13(19)9-6-5-8(18)7-12(9)17-15-10-3-1-2-4-11(10)16-17/h1-7,18H. The van der Waals surface area contributed by atoms with Crippen LogP contribution in [0.15, 0.2) is 42.5 Å². The lowest BCUT2D eigenvalue weighted by Crippen LogP contribution is -2.05. The van der Waals surface area contributed by atoms with E-state index in [0.29, 0.717) is 16.7 Å². The van der Waals surface area contributed by atoms with Gasteiger partial charge in [0.05, 0.1) is 5.56 Å². The molecule has 0 saturated heterocycles. The van der Waals surface area contributed by atoms with E-state index in [1.807, 2.05) is 24.3 Å². The molecular formula is C13H8ClN3O2. The van der Waals surface area contributed by atoms with Crippen LogP contribution in [0.2, 0.25) is 0 Å². The maximum Gasteiger partial charge on any atom is 0.254 e. The van der Waals surface area contributed by atoms with E-state index in [1.54, 1.807) is 0 Å². The number of aromatic hydroxyl groups is 1. The molecule has 19 heavy (non-hydrogen) atoms. The van der Waals surface area contributed by atoms with Crippen molar-refractivity contribution in [2.24, 2.45) is 0 Å². The number of aromatic nitrogens is 3. The van der Waals surface area contributed by atoms with E-state index in [4.69, 9.17) is 11.6 Å². The number of benzene rings is 2. The molecule has 94 valence electrons. The Morgan fingerprint density at radius 3 is 2.32 bits per heavy atom. The van der Waals surface area contributed by atoms with Crippen LogP contribution < -0.4 is 0 Å². The van der Waals surface area contributed by atoms with Crippen LogP contribution in [0.3, 0.4) is 0 Å². The van der Waals surface area contributed by atoms with Gasteiger partial charge in [0.25, 0.3) is 5.24 Å². The second kappa shape index (κ2) is 4.37. The quantitative estimate of drug-likeness (QED) is 0.729. The lowest BCUT2D eigenvalue weighted by Gasteiger charge is -2.04. The Morgan fingerprint density at radius 2 is 1.74 bits per heavy atom. The Bertz CT molecular complexity index is 749. The Morgan fingerprint density at radius 1 is 1.11 bits per heavy atom. The highest BCUT2D eigenvalue weighted by Crippen LogP contribution is 2.22. The number of halogens is 1. The van der Waals surface area contributed by atoms with Crippen molar-refractivity contribution in [3.8, 4) is 11.4 Å². The van der Waals surface area contributed by atoms with E-state index in [0.717, 1.165) is 0 Å². The van der Waals surface area contributed by atoms with Crippen molar-refractivity contribution in [3.05, 3.63) is 48.0 Å². The van der Waals surface area contributed by atoms with Gasteiger partial charge in [0.2, 0.25) is 0 Å². The third kappa shape index (κ3) is 2.04. The van der Waals surface area contributed by atoms with Gasteiger partial charge < -0.3 is 5.11 Å². The van der Waals surface area contributed by atoms with Gasteiger partial charge in [0.15, 0.2) is 0 Å². The van der Waals surface area contributed by atoms with Gasteiger partial charge >= 0.3 is 0 Å². The van der Waals surface area contributed by atoms with Gasteiger partial charge in [-0.15, -0.1) is 15.0 Å². The van der Waals surface area contributed by atoms with E-state index >= 15 is 0 Å². The molecular weight excluding hydrogens is 266 g/mol. The number of hydrogen-bond donors (Lipinski definition) is 1. The number of fused-ring (bicyclic) bond motifs is 1. The first-order chi connectivity index (χ1) is 9.15. The third-order valence-corrected chi connectivity index (χ3v) is 2.90. The number of phenols is 1. The average Bonchev–Trinajstić information content (AvgIpc) is 2.81. The minimum Gasteiger partial charge on any atom is -0.508 e. The molecule has 1 N–H and O–H groups in total. The monoisotopic (exact) mass is 273 g/mol. The Hall–Kier alpha value is -2.40. The van der Waals surface area contributed by atoms with Crippen LogP contribution in [0, 0.1) is 0 Å². The van der Waals surface area contributed by atoms with Crippen LogP contribution >= 0.6 is 11.6 Å². The number of carbonyl (C=O) groups is 1. The highest BCUT2D eigenvalue weighted by atomic mass is 35.5. The predicted octanol–water partition coefficient (Wildman–Crippen LogP) is 2.51. The fraction of sp³-hybridized carbons (Fsp3) is 0. The zero-order valence-corrected chi connectivity index (χ0v) is 10.4. The van der Waals surface area contributed by atoms with Crippen LogP contribution in [-0.2, 0) is 0 Å². The van der Waals surface area contributed by atoms with E-state index in [9.17, 15) is 9.90 Å². The molecule has 5 nitrogen and oxygen atoms in total. The first kappa shape index (κ1) is 11.7. The largest absolute Gasteiger partial charge is 0.508 e. The molecule has 3 aromatic rings. The van der Waals surface area contributed by atoms with Crippen LogP contribution in [0.1, 0.15) is 10.4 Å². The van der Waals surface area contributed by atoms with Gasteiger partial charge in [-0.05, 0) is 35.9 Å². The summed E-state index contributed by atoms with van der Waals surface area (Å²) >= 11 is 5.52. The van der Waals surface area contributed by atoms with E-state index in [1.165, 1.54) is 23.0 Å². The molecule has 0 saturated carbocycles. The lowest BCUT2D eigenvalue weighted by atomic mass is 10.2. The Labute approximate surface area is 113 Å². The number of phenolic OH excluding ortho intramolecular Hbond substituents is 1. The molecule has 0 bridgehead atoms. The van der Waals surface area contributed by atoms with Crippen LogP contribution in [-0.4, -0.2) is 25.3 Å². The number of rotatable bonds is 2. The minimum atomic E-state index is -0.628. The predicted molar refractivity (Wildman–Crippen MR) is 70.7 cm³/mol. The van der Waals surface area contributed by atoms with Crippen molar-refractivity contribution >= 4 is 27.9 Å². The van der Waals surface area contributed by atoms with Gasteiger partial charge in [0.1, 0.15) is 22.5 Å². The summed E-state index contributed by atoms with van der Waals surface area (Å²) in [6.45, 7) is 0. The van der Waals surface area contributed by atoms with Gasteiger partial charge in [0, 0.05) is 6.07 Å². The summed E-state index contributed by atoms with van der Waals surface area (Å²) in [5.41, 5.74) is 1.97. The molecule has 0 unspecified atom stereocenters. The molecule has 0 aliphatic rings. The number of carbonyl (C=O) groups excluding carboxylic acids is 1. The summed E-state index contributed by atoms with van der Waals surface area (Å²) in [6.07, 6.45) is 0. The van der Waals surface area contributed by atoms with E-state index in [2.05, 4.69) is 10.2 Å². The second-order valence-corrected chi connectivity index (χ2v) is 4.30. The minimum absolute atomic E-state index is 0.0121. The second-order valence-electron chi connectivity index (χ2n) is 3.95. The van der Waals surface area contributed by atoms with Crippen LogP contribution in [0.4, 0.5) is 0 Å². The smallest absolute Gasteiger partial charge is 0.254 e. The van der Waals surface area contributed by atoms with Gasteiger partial charge in [-0.25, -0.2) is 0 Å². The molecule has 0 spiro atoms. The van der Waals surface area contributed by atoms with Crippen molar-refractivity contribution in [2.45, 2.75) is 0 Å². The molecule has 3 rings (SSSR count). The Balaban J connectivity index is 2.25. The fourth-order valence-electron chi connectivity index (χ4n) is 1.82. The van der Waals surface area contributed by atoms with Gasteiger partial charge in [-0.3, -0.25) is 4.79 Å². The molecule has 2 aromatic carbocycles. The molecule has 0 fully saturated rings. The molecule has 0 aliphatic carbocycles. The van der Waals surface area contributed by atoms with Crippen molar-refractivity contribution in [3.63, 3.8) is 0 Å². The first-order valence-corrected chi connectivity index (χ1v) is 5.88. The third-order valence-electron chi connectivity index (χ3n) is 2.70. The lowest BCUT2D eigenvalue weighted by molar-refractivity contribution is 0.108. The zero-order valence-electron chi connectivity index (χ0n) is 9.62. The van der Waals surface area contributed by atoms with Crippen molar-refractivity contribution in [1.29, 1.82) is 0 Å². The highest BCUT2D eigenvalue weighted by molar-refractivity contribution is 6.68. The summed E-state index contributed by atoms with van der Waals surface area (Å²) in [7, 11) is 0. The van der Waals surface area contributed by atoms with Crippen molar-refractivity contribution in [2.75, 3.05) is 0 Å². The average molecular weight is 274 g/mol. The summed E-state index contributed by atoms with van der Waals surface area (Å²) < 4.78 is 0. The van der Waals surface area contributed by atoms with Crippen LogP contribution in [0.5, 0.6) is 5.75 Å². The summed E-state index contributed by atoms with van der Waals surface area (Å²) in [4.78, 5) is 12.7. The fourth-order valence-corrected chi connectivity index (χ4v) is 1.98. The van der Waals surface area contributed by atoms with Gasteiger partial charge in [-0.1, -0.05) is 12.1 Å². The molecule has 6 heteroatoms. The molecule has 0 atom stereocenters. The Kier molecular flexibility index (Phi) is 2.68. The molecule has 0 amide bonds. The summed E-state index contributed by atoms with van der Waals surface area (Å²) in [6, 6.07) is 11.5. The molecule has 1 aromatic heterocycles. The highest BCUT2D eigenvalue weighted by Gasteiger charge is 2.14. The maximum atomic E-state index is 11.4. The number of hydrogen-bond acceptors (Lipinski definition) is 4. The molecule has 1 heterocycles. The number of nitrogens with zero attached hydrogens (tertiary/aromatic N) is 3. The van der Waals surface area contributed by atoms with Crippen molar-refractivity contribution in [1.82, 2.24) is 15.0 Å². The normalized spacial score (nSPS) is 10.8. The SMILES string of the molecule is O=C(Cl)c1ccc(O)cc1-n1nc2ccccc2n1. The summed E-state index contributed by atoms with van der Waals surface area (Å²) in [5, 5.41) is 17.4. The summed E-state index contributed by atoms with van der Waals surface area (Å²) in [5.74, 6) is 0.0121. The molecule has 0 aliphatic heterocycles. The first-order valence-electron chi connectivity index (χ1n) is 5.50. The maximum absolute atomic E-state index is 11.4. The topological polar surface area (TPSA) is 68.0 Å². The van der Waals surface area contributed by atoms with Gasteiger partial charge in [-0.2, -0.15) is 0 Å². The van der Waals surface area contributed by atoms with Crippen molar-refractivity contribution < 1.29 is 9.90 Å². The zero-order chi connectivity index (χ0) is 13.4. The van der Waals surface area contributed by atoms with Crippen LogP contribution in [0.25, 0.3) is 16.7 Å². The molecule has 0 radical (unpaired) electrons.